The highest BCUT2D eigenvalue weighted by Crippen LogP contribution is 2.52. The molecule has 1 saturated carbocycles. The molecule has 0 aromatic rings. The lowest BCUT2D eigenvalue weighted by atomic mass is 9.86. The summed E-state index contributed by atoms with van der Waals surface area (Å²) in [7, 11) is 3.25. The summed E-state index contributed by atoms with van der Waals surface area (Å²) in [6.45, 7) is 3.26. The van der Waals surface area contributed by atoms with Crippen molar-refractivity contribution < 1.29 is 18.9 Å². The van der Waals surface area contributed by atoms with Crippen LogP contribution in [0.4, 0.5) is 0 Å². The van der Waals surface area contributed by atoms with Crippen molar-refractivity contribution in [3.05, 3.63) is 24.3 Å². The smallest absolute Gasteiger partial charge is 0.104 e. The highest BCUT2D eigenvalue weighted by Gasteiger charge is 2.44. The topological polar surface area (TPSA) is 43.5 Å². The molecule has 0 radical (unpaired) electrons. The molecule has 0 N–H and O–H groups in total. The van der Waals surface area contributed by atoms with Gasteiger partial charge in [0.2, 0.25) is 0 Å². The molecule has 2 aliphatic heterocycles. The Hall–Kier alpha value is -0.680. The fourth-order valence-electron chi connectivity index (χ4n) is 3.63. The zero-order valence-electron chi connectivity index (χ0n) is 13.6. The van der Waals surface area contributed by atoms with Crippen LogP contribution in [0.3, 0.4) is 0 Å². The van der Waals surface area contributed by atoms with Gasteiger partial charge in [0.25, 0.3) is 0 Å². The first-order valence-electron chi connectivity index (χ1n) is 8.38. The summed E-state index contributed by atoms with van der Waals surface area (Å²) >= 11 is 0. The van der Waals surface area contributed by atoms with Crippen LogP contribution in [0.25, 0.3) is 0 Å². The second kappa shape index (κ2) is 7.73. The van der Waals surface area contributed by atoms with Crippen molar-refractivity contribution in [2.45, 2.75) is 25.0 Å². The van der Waals surface area contributed by atoms with Gasteiger partial charge in [-0.25, -0.2) is 0 Å². The molecule has 6 unspecified atom stereocenters. The summed E-state index contributed by atoms with van der Waals surface area (Å²) in [4.78, 5) is 0. The highest BCUT2D eigenvalue weighted by atomic mass is 16.6. The zero-order chi connectivity index (χ0) is 15.4. The monoisotopic (exact) mass is 308 g/mol. The van der Waals surface area contributed by atoms with Gasteiger partial charge in [-0.05, 0) is 36.5 Å². The molecule has 0 spiro atoms. The molecular formula is C18H28O4. The minimum Gasteiger partial charge on any atom is -0.388 e. The van der Waals surface area contributed by atoms with Crippen LogP contribution in [0.2, 0.25) is 0 Å². The Labute approximate surface area is 133 Å². The first kappa shape index (κ1) is 16.2. The molecule has 4 nitrogen and oxygen atoms in total. The Bertz CT molecular complexity index is 386. The number of fused-ring (bicyclic) bond motifs is 5. The predicted molar refractivity (Wildman–Crippen MR) is 84.7 cm³/mol. The van der Waals surface area contributed by atoms with Gasteiger partial charge < -0.3 is 18.9 Å². The third-order valence-corrected chi connectivity index (χ3v) is 4.87. The van der Waals surface area contributed by atoms with Gasteiger partial charge in [-0.15, -0.1) is 0 Å². The number of epoxide rings is 2. The summed E-state index contributed by atoms with van der Waals surface area (Å²) in [5.41, 5.74) is 0. The third-order valence-electron chi connectivity index (χ3n) is 4.87. The fourth-order valence-corrected chi connectivity index (χ4v) is 3.63. The van der Waals surface area contributed by atoms with Crippen LogP contribution in [0, 0.1) is 23.7 Å². The number of rotatable bonds is 4. The number of ether oxygens (including phenoxy) is 4. The maximum atomic E-state index is 5.23. The van der Waals surface area contributed by atoms with Gasteiger partial charge in [-0.3, -0.25) is 0 Å². The van der Waals surface area contributed by atoms with Gasteiger partial charge in [0.1, 0.15) is 12.2 Å². The molecule has 124 valence electrons. The van der Waals surface area contributed by atoms with E-state index >= 15 is 0 Å². The first-order valence-corrected chi connectivity index (χ1v) is 8.38. The van der Waals surface area contributed by atoms with E-state index in [1.807, 2.05) is 0 Å². The van der Waals surface area contributed by atoms with E-state index in [0.29, 0.717) is 12.2 Å². The predicted octanol–water partition coefficient (Wildman–Crippen LogP) is 2.45. The van der Waals surface area contributed by atoms with E-state index in [0.717, 1.165) is 50.1 Å². The Morgan fingerprint density at radius 3 is 2.09 bits per heavy atom. The largest absolute Gasteiger partial charge is 0.388 e. The van der Waals surface area contributed by atoms with Crippen molar-refractivity contribution in [2.75, 3.05) is 40.6 Å². The molecule has 0 aromatic carbocycles. The second-order valence-electron chi connectivity index (χ2n) is 6.71. The van der Waals surface area contributed by atoms with Gasteiger partial charge in [-0.1, -0.05) is 24.3 Å². The number of hydrogen-bond donors (Lipinski definition) is 0. The normalized spacial score (nSPS) is 41.4. The fraction of sp³-hybridized carbons (Fsp3) is 0.778. The zero-order valence-corrected chi connectivity index (χ0v) is 13.6. The van der Waals surface area contributed by atoms with Crippen molar-refractivity contribution in [2.24, 2.45) is 23.7 Å². The SMILES string of the molecule is C(OCC1CO1)C1CO1.C1=CC2C3C=CC(C3)C2C1.COC. The van der Waals surface area contributed by atoms with Crippen molar-refractivity contribution >= 4 is 0 Å². The lowest BCUT2D eigenvalue weighted by Gasteiger charge is -2.18. The van der Waals surface area contributed by atoms with Crippen molar-refractivity contribution in [1.82, 2.24) is 0 Å². The van der Waals surface area contributed by atoms with Crippen molar-refractivity contribution in [3.63, 3.8) is 0 Å². The van der Waals surface area contributed by atoms with Crippen molar-refractivity contribution in [1.29, 1.82) is 0 Å². The molecule has 0 aromatic heterocycles. The van der Waals surface area contributed by atoms with Crippen LogP contribution in [-0.2, 0) is 18.9 Å². The molecule has 3 fully saturated rings. The molecule has 5 rings (SSSR count). The van der Waals surface area contributed by atoms with Crippen LogP contribution < -0.4 is 0 Å². The average Bonchev–Trinajstić information content (AvgIpc) is 3.37. The van der Waals surface area contributed by atoms with E-state index in [9.17, 15) is 0 Å². The number of hydrogen-bond acceptors (Lipinski definition) is 4. The van der Waals surface area contributed by atoms with E-state index in [-0.39, 0.29) is 0 Å². The Kier molecular flexibility index (Phi) is 5.69. The van der Waals surface area contributed by atoms with Gasteiger partial charge in [0.05, 0.1) is 26.4 Å². The van der Waals surface area contributed by atoms with Crippen LogP contribution in [-0.4, -0.2) is 52.9 Å². The van der Waals surface area contributed by atoms with E-state index < -0.39 is 0 Å². The van der Waals surface area contributed by atoms with E-state index in [1.54, 1.807) is 14.2 Å². The standard InChI is InChI=1S/C10H12.C6H10O3.C2H6O/c1-2-9-7-4-5-8(6-7)10(9)3-1;1(5-3-8-5)7-2-6-4-9-6;1-3-2/h1-2,4-5,7-10H,3,6H2;5-6H,1-4H2;1-2H3. The van der Waals surface area contributed by atoms with Crippen molar-refractivity contribution in [3.8, 4) is 0 Å². The molecule has 5 aliphatic rings. The third kappa shape index (κ3) is 4.42. The van der Waals surface area contributed by atoms with E-state index in [1.165, 1.54) is 12.8 Å². The summed E-state index contributed by atoms with van der Waals surface area (Å²) in [6.07, 6.45) is 13.3. The second-order valence-corrected chi connectivity index (χ2v) is 6.71. The van der Waals surface area contributed by atoms with Crippen LogP contribution in [0.5, 0.6) is 0 Å². The molecule has 2 bridgehead atoms. The lowest BCUT2D eigenvalue weighted by Crippen LogP contribution is -2.12. The van der Waals surface area contributed by atoms with Crippen LogP contribution in [0.1, 0.15) is 12.8 Å². The Morgan fingerprint density at radius 2 is 1.55 bits per heavy atom. The summed E-state index contributed by atoms with van der Waals surface area (Å²) < 4.78 is 19.4. The quantitative estimate of drug-likeness (QED) is 0.591. The summed E-state index contributed by atoms with van der Waals surface area (Å²) in [5, 5.41) is 0. The Morgan fingerprint density at radius 1 is 0.955 bits per heavy atom. The molecule has 3 aliphatic carbocycles. The first-order chi connectivity index (χ1) is 10.8. The molecule has 0 amide bonds. The maximum absolute atomic E-state index is 5.23. The summed E-state index contributed by atoms with van der Waals surface area (Å²) in [5.74, 6) is 3.82. The van der Waals surface area contributed by atoms with E-state index in [4.69, 9.17) is 14.2 Å². The van der Waals surface area contributed by atoms with Gasteiger partial charge in [-0.2, -0.15) is 0 Å². The highest BCUT2D eigenvalue weighted by molar-refractivity contribution is 5.21. The van der Waals surface area contributed by atoms with Crippen LogP contribution >= 0.6 is 0 Å². The van der Waals surface area contributed by atoms with Gasteiger partial charge in [0, 0.05) is 14.2 Å². The minimum absolute atomic E-state index is 0.392. The number of allylic oxidation sites excluding steroid dienone is 4. The molecule has 2 heterocycles. The minimum atomic E-state index is 0.392. The summed E-state index contributed by atoms with van der Waals surface area (Å²) in [6, 6.07) is 0. The lowest BCUT2D eigenvalue weighted by molar-refractivity contribution is 0.102. The number of methoxy groups -OCH3 is 1. The van der Waals surface area contributed by atoms with E-state index in [2.05, 4.69) is 29.0 Å². The van der Waals surface area contributed by atoms with Gasteiger partial charge in [0.15, 0.2) is 0 Å². The molecule has 4 heteroatoms. The maximum Gasteiger partial charge on any atom is 0.104 e. The molecule has 2 saturated heterocycles. The molecule has 6 atom stereocenters. The van der Waals surface area contributed by atoms with Gasteiger partial charge >= 0.3 is 0 Å². The molecule has 22 heavy (non-hydrogen) atoms. The molecular weight excluding hydrogens is 280 g/mol. The Balaban J connectivity index is 0.000000112. The van der Waals surface area contributed by atoms with Crippen LogP contribution in [0.15, 0.2) is 24.3 Å². The average molecular weight is 308 g/mol.